The Bertz CT molecular complexity index is 271. The van der Waals surface area contributed by atoms with E-state index in [1.807, 2.05) is 0 Å². The van der Waals surface area contributed by atoms with Crippen molar-refractivity contribution in [1.82, 2.24) is 15.5 Å². The maximum atomic E-state index is 12.2. The SMILES string of the molecule is CCN(CC(=O)NC1CCCCC1)C1CCNCC1. The Balaban J connectivity index is 1.74. The lowest BCUT2D eigenvalue weighted by Gasteiger charge is -2.34. The molecule has 0 spiro atoms. The van der Waals surface area contributed by atoms with E-state index in [1.54, 1.807) is 0 Å². The van der Waals surface area contributed by atoms with Crippen molar-refractivity contribution in [2.45, 2.75) is 64.0 Å². The Hall–Kier alpha value is -0.610. The van der Waals surface area contributed by atoms with Crippen molar-refractivity contribution in [2.75, 3.05) is 26.2 Å². The van der Waals surface area contributed by atoms with Gasteiger partial charge in [0.25, 0.3) is 0 Å². The van der Waals surface area contributed by atoms with Crippen molar-refractivity contribution in [1.29, 1.82) is 0 Å². The number of likely N-dealkylation sites (N-methyl/N-ethyl adjacent to an activating group) is 1. The van der Waals surface area contributed by atoms with Crippen LogP contribution in [0.1, 0.15) is 51.9 Å². The summed E-state index contributed by atoms with van der Waals surface area (Å²) in [7, 11) is 0. The van der Waals surface area contributed by atoms with Gasteiger partial charge in [-0.25, -0.2) is 0 Å². The quantitative estimate of drug-likeness (QED) is 0.793. The van der Waals surface area contributed by atoms with E-state index in [4.69, 9.17) is 0 Å². The Morgan fingerprint density at radius 2 is 1.84 bits per heavy atom. The Labute approximate surface area is 117 Å². The molecule has 1 saturated heterocycles. The van der Waals surface area contributed by atoms with Crippen LogP contribution in [0.5, 0.6) is 0 Å². The number of nitrogens with one attached hydrogen (secondary N) is 2. The van der Waals surface area contributed by atoms with Gasteiger partial charge in [0.05, 0.1) is 6.54 Å². The third-order valence-electron chi connectivity index (χ3n) is 4.55. The lowest BCUT2D eigenvalue weighted by atomic mass is 9.95. The topological polar surface area (TPSA) is 44.4 Å². The predicted molar refractivity (Wildman–Crippen MR) is 78.2 cm³/mol. The minimum Gasteiger partial charge on any atom is -0.352 e. The minimum absolute atomic E-state index is 0.229. The second-order valence-corrected chi connectivity index (χ2v) is 5.95. The fourth-order valence-corrected chi connectivity index (χ4v) is 3.38. The molecule has 1 aliphatic carbocycles. The predicted octanol–water partition coefficient (Wildman–Crippen LogP) is 1.51. The van der Waals surface area contributed by atoms with Crippen molar-refractivity contribution in [3.05, 3.63) is 0 Å². The van der Waals surface area contributed by atoms with Gasteiger partial charge in [-0.05, 0) is 45.3 Å². The molecular formula is C15H29N3O. The molecule has 1 aliphatic heterocycles. The van der Waals surface area contributed by atoms with E-state index >= 15 is 0 Å². The number of carbonyl (C=O) groups excluding carboxylic acids is 1. The van der Waals surface area contributed by atoms with Crippen molar-refractivity contribution >= 4 is 5.91 Å². The summed E-state index contributed by atoms with van der Waals surface area (Å²) >= 11 is 0. The van der Waals surface area contributed by atoms with Crippen LogP contribution in [0.2, 0.25) is 0 Å². The van der Waals surface area contributed by atoms with Gasteiger partial charge in [0, 0.05) is 12.1 Å². The molecule has 0 atom stereocenters. The van der Waals surface area contributed by atoms with E-state index in [-0.39, 0.29) is 5.91 Å². The molecule has 0 aromatic carbocycles. The fourth-order valence-electron chi connectivity index (χ4n) is 3.38. The summed E-state index contributed by atoms with van der Waals surface area (Å²) in [6.45, 7) is 5.90. The first kappa shape index (κ1) is 14.8. The molecule has 0 unspecified atom stereocenters. The average Bonchev–Trinajstić information content (AvgIpc) is 2.47. The number of hydrogen-bond acceptors (Lipinski definition) is 3. The van der Waals surface area contributed by atoms with Gasteiger partial charge < -0.3 is 10.6 Å². The molecule has 4 nitrogen and oxygen atoms in total. The summed E-state index contributed by atoms with van der Waals surface area (Å²) < 4.78 is 0. The smallest absolute Gasteiger partial charge is 0.234 e. The summed E-state index contributed by atoms with van der Waals surface area (Å²) in [5.41, 5.74) is 0. The van der Waals surface area contributed by atoms with E-state index < -0.39 is 0 Å². The van der Waals surface area contributed by atoms with Crippen LogP contribution in [-0.4, -0.2) is 49.1 Å². The number of rotatable bonds is 5. The van der Waals surface area contributed by atoms with Gasteiger partial charge in [-0.3, -0.25) is 9.69 Å². The van der Waals surface area contributed by atoms with Gasteiger partial charge in [0.1, 0.15) is 0 Å². The molecule has 1 saturated carbocycles. The molecule has 2 fully saturated rings. The Morgan fingerprint density at radius 3 is 2.47 bits per heavy atom. The molecule has 2 N–H and O–H groups in total. The minimum atomic E-state index is 0.229. The highest BCUT2D eigenvalue weighted by molar-refractivity contribution is 5.78. The summed E-state index contributed by atoms with van der Waals surface area (Å²) in [5.74, 6) is 0.229. The van der Waals surface area contributed by atoms with Crippen LogP contribution in [0, 0.1) is 0 Å². The molecule has 4 heteroatoms. The average molecular weight is 267 g/mol. The zero-order valence-electron chi connectivity index (χ0n) is 12.3. The first-order chi connectivity index (χ1) is 9.29. The number of carbonyl (C=O) groups is 1. The number of amides is 1. The van der Waals surface area contributed by atoms with Gasteiger partial charge in [-0.1, -0.05) is 26.2 Å². The van der Waals surface area contributed by atoms with E-state index in [2.05, 4.69) is 22.5 Å². The van der Waals surface area contributed by atoms with Gasteiger partial charge in [-0.2, -0.15) is 0 Å². The lowest BCUT2D eigenvalue weighted by Crippen LogP contribution is -2.48. The van der Waals surface area contributed by atoms with Crippen LogP contribution in [0.15, 0.2) is 0 Å². The summed E-state index contributed by atoms with van der Waals surface area (Å²) in [6.07, 6.45) is 8.57. The third kappa shape index (κ3) is 4.77. The maximum Gasteiger partial charge on any atom is 0.234 e. The molecule has 2 rings (SSSR count). The van der Waals surface area contributed by atoms with Crippen LogP contribution < -0.4 is 10.6 Å². The molecule has 0 aromatic heterocycles. The Kier molecular flexibility index (Phi) is 6.11. The molecule has 1 amide bonds. The number of piperidine rings is 1. The van der Waals surface area contributed by atoms with E-state index in [0.717, 1.165) is 19.6 Å². The van der Waals surface area contributed by atoms with E-state index in [1.165, 1.54) is 44.9 Å². The highest BCUT2D eigenvalue weighted by Gasteiger charge is 2.23. The first-order valence-corrected chi connectivity index (χ1v) is 8.03. The van der Waals surface area contributed by atoms with Gasteiger partial charge in [0.15, 0.2) is 0 Å². The molecule has 0 aromatic rings. The van der Waals surface area contributed by atoms with Gasteiger partial charge in [0.2, 0.25) is 5.91 Å². The van der Waals surface area contributed by atoms with Crippen molar-refractivity contribution < 1.29 is 4.79 Å². The Morgan fingerprint density at radius 1 is 1.16 bits per heavy atom. The van der Waals surface area contributed by atoms with E-state index in [0.29, 0.717) is 18.6 Å². The second kappa shape index (κ2) is 7.85. The van der Waals surface area contributed by atoms with Gasteiger partial charge >= 0.3 is 0 Å². The molecule has 0 radical (unpaired) electrons. The van der Waals surface area contributed by atoms with Crippen molar-refractivity contribution in [3.8, 4) is 0 Å². The third-order valence-corrected chi connectivity index (χ3v) is 4.55. The van der Waals surface area contributed by atoms with Crippen LogP contribution in [0.4, 0.5) is 0 Å². The van der Waals surface area contributed by atoms with Crippen molar-refractivity contribution in [3.63, 3.8) is 0 Å². The van der Waals surface area contributed by atoms with Gasteiger partial charge in [-0.15, -0.1) is 0 Å². The van der Waals surface area contributed by atoms with Crippen LogP contribution in [-0.2, 0) is 4.79 Å². The molecule has 2 aliphatic rings. The van der Waals surface area contributed by atoms with Crippen LogP contribution >= 0.6 is 0 Å². The van der Waals surface area contributed by atoms with Crippen LogP contribution in [0.3, 0.4) is 0 Å². The molecule has 1 heterocycles. The highest BCUT2D eigenvalue weighted by Crippen LogP contribution is 2.17. The molecular weight excluding hydrogens is 238 g/mol. The maximum absolute atomic E-state index is 12.2. The first-order valence-electron chi connectivity index (χ1n) is 8.03. The summed E-state index contributed by atoms with van der Waals surface area (Å²) in [6, 6.07) is 1.02. The molecule has 19 heavy (non-hydrogen) atoms. The number of nitrogens with zero attached hydrogens (tertiary/aromatic N) is 1. The zero-order valence-corrected chi connectivity index (χ0v) is 12.3. The van der Waals surface area contributed by atoms with E-state index in [9.17, 15) is 4.79 Å². The normalized spacial score (nSPS) is 22.6. The van der Waals surface area contributed by atoms with Crippen LogP contribution in [0.25, 0.3) is 0 Å². The standard InChI is InChI=1S/C15H29N3O/c1-2-18(14-8-10-16-11-9-14)12-15(19)17-13-6-4-3-5-7-13/h13-14,16H,2-12H2,1H3,(H,17,19). The zero-order chi connectivity index (χ0) is 13.5. The summed E-state index contributed by atoms with van der Waals surface area (Å²) in [4.78, 5) is 14.5. The van der Waals surface area contributed by atoms with Crippen molar-refractivity contribution in [2.24, 2.45) is 0 Å². The largest absolute Gasteiger partial charge is 0.352 e. The lowest BCUT2D eigenvalue weighted by molar-refractivity contribution is -0.123. The molecule has 0 bridgehead atoms. The fraction of sp³-hybridized carbons (Fsp3) is 0.933. The summed E-state index contributed by atoms with van der Waals surface area (Å²) in [5, 5.41) is 6.61. The monoisotopic (exact) mass is 267 g/mol. The highest BCUT2D eigenvalue weighted by atomic mass is 16.2. The number of hydrogen-bond donors (Lipinski definition) is 2. The second-order valence-electron chi connectivity index (χ2n) is 5.95. The molecule has 110 valence electrons.